The molecule has 1 amide bonds. The first-order valence-electron chi connectivity index (χ1n) is 11.0. The Labute approximate surface area is 169 Å². The molecule has 0 aliphatic carbocycles. The lowest BCUT2D eigenvalue weighted by molar-refractivity contribution is -0.139. The van der Waals surface area contributed by atoms with Crippen molar-refractivity contribution in [3.63, 3.8) is 0 Å². The number of benzene rings is 1. The van der Waals surface area contributed by atoms with E-state index in [0.29, 0.717) is 17.7 Å². The summed E-state index contributed by atoms with van der Waals surface area (Å²) >= 11 is 0. The molecule has 3 aliphatic rings. The minimum Gasteiger partial charge on any atom is -0.350 e. The largest absolute Gasteiger partial charge is 0.350 e. The zero-order chi connectivity index (χ0) is 19.3. The quantitative estimate of drug-likeness (QED) is 0.780. The van der Waals surface area contributed by atoms with E-state index in [9.17, 15) is 4.79 Å². The molecule has 154 valence electrons. The molecule has 0 bridgehead atoms. The second-order valence-corrected chi connectivity index (χ2v) is 8.62. The van der Waals surface area contributed by atoms with Crippen molar-refractivity contribution < 1.29 is 14.3 Å². The molecule has 0 N–H and O–H groups in total. The number of ether oxygens (including phenoxy) is 2. The molecule has 1 unspecified atom stereocenters. The molecule has 0 radical (unpaired) electrons. The molecule has 3 fully saturated rings. The van der Waals surface area contributed by atoms with Crippen molar-refractivity contribution >= 4 is 5.91 Å². The number of amides is 1. The molecular weight excluding hydrogens is 352 g/mol. The van der Waals surface area contributed by atoms with Crippen LogP contribution in [0.15, 0.2) is 30.3 Å². The van der Waals surface area contributed by atoms with Gasteiger partial charge in [0.05, 0.1) is 19.3 Å². The lowest BCUT2D eigenvalue weighted by Crippen LogP contribution is -2.52. The van der Waals surface area contributed by atoms with Gasteiger partial charge in [0.2, 0.25) is 5.91 Å². The molecule has 5 nitrogen and oxygen atoms in total. The van der Waals surface area contributed by atoms with Gasteiger partial charge in [0.1, 0.15) is 0 Å². The maximum absolute atomic E-state index is 13.0. The summed E-state index contributed by atoms with van der Waals surface area (Å²) in [6, 6.07) is 10.7. The van der Waals surface area contributed by atoms with Gasteiger partial charge >= 0.3 is 0 Å². The van der Waals surface area contributed by atoms with Gasteiger partial charge in [-0.15, -0.1) is 0 Å². The van der Waals surface area contributed by atoms with E-state index in [1.54, 1.807) is 0 Å². The molecule has 1 aromatic carbocycles. The van der Waals surface area contributed by atoms with Crippen LogP contribution in [0.1, 0.15) is 38.2 Å². The zero-order valence-corrected chi connectivity index (χ0v) is 17.1. The van der Waals surface area contributed by atoms with E-state index in [1.807, 2.05) is 0 Å². The molecule has 0 saturated carbocycles. The third-order valence-electron chi connectivity index (χ3n) is 6.81. The number of hydrogen-bond donors (Lipinski definition) is 0. The average molecular weight is 387 g/mol. The maximum atomic E-state index is 13.0. The molecule has 4 rings (SSSR count). The number of rotatable bonds is 5. The highest BCUT2D eigenvalue weighted by Gasteiger charge is 2.35. The van der Waals surface area contributed by atoms with Crippen LogP contribution in [-0.4, -0.2) is 67.4 Å². The van der Waals surface area contributed by atoms with E-state index in [1.165, 1.54) is 5.56 Å². The van der Waals surface area contributed by atoms with Crippen molar-refractivity contribution in [1.29, 1.82) is 0 Å². The van der Waals surface area contributed by atoms with Gasteiger partial charge in [-0.2, -0.15) is 0 Å². The Balaban J connectivity index is 1.21. The van der Waals surface area contributed by atoms with E-state index in [-0.39, 0.29) is 12.3 Å². The van der Waals surface area contributed by atoms with Crippen LogP contribution >= 0.6 is 0 Å². The van der Waals surface area contributed by atoms with Crippen LogP contribution < -0.4 is 0 Å². The number of hydrogen-bond acceptors (Lipinski definition) is 4. The molecule has 28 heavy (non-hydrogen) atoms. The monoisotopic (exact) mass is 386 g/mol. The summed E-state index contributed by atoms with van der Waals surface area (Å²) in [5.41, 5.74) is 1.42. The van der Waals surface area contributed by atoms with Crippen molar-refractivity contribution in [1.82, 2.24) is 9.80 Å². The van der Waals surface area contributed by atoms with Crippen LogP contribution in [0, 0.1) is 11.8 Å². The number of carbonyl (C=O) groups excluding carboxylic acids is 1. The standard InChI is InChI=1S/C23H34N2O3/c1-18(24-13-9-21(10-14-24)23-27-15-16-28-23)22(26)25-11-7-20(8-12-25)17-19-5-3-2-4-6-19/h2-6,18,20-21,23H,7-17H2,1H3. The smallest absolute Gasteiger partial charge is 0.239 e. The summed E-state index contributed by atoms with van der Waals surface area (Å²) in [6.45, 7) is 7.26. The highest BCUT2D eigenvalue weighted by molar-refractivity contribution is 5.81. The van der Waals surface area contributed by atoms with E-state index >= 15 is 0 Å². The summed E-state index contributed by atoms with van der Waals surface area (Å²) in [5, 5.41) is 0. The lowest BCUT2D eigenvalue weighted by Gasteiger charge is -2.40. The summed E-state index contributed by atoms with van der Waals surface area (Å²) in [6.07, 6.45) is 5.47. The van der Waals surface area contributed by atoms with Gasteiger partial charge < -0.3 is 14.4 Å². The van der Waals surface area contributed by atoms with Crippen LogP contribution in [0.5, 0.6) is 0 Å². The molecule has 1 aromatic rings. The topological polar surface area (TPSA) is 42.0 Å². The molecular formula is C23H34N2O3. The Hall–Kier alpha value is -1.43. The first-order valence-corrected chi connectivity index (χ1v) is 11.0. The van der Waals surface area contributed by atoms with Crippen molar-refractivity contribution in [2.24, 2.45) is 11.8 Å². The van der Waals surface area contributed by atoms with Crippen molar-refractivity contribution in [3.8, 4) is 0 Å². The minimum atomic E-state index is -0.0169. The minimum absolute atomic E-state index is 0.0166. The van der Waals surface area contributed by atoms with Gasteiger partial charge in [0, 0.05) is 19.0 Å². The Morgan fingerprint density at radius 3 is 2.29 bits per heavy atom. The highest BCUT2D eigenvalue weighted by atomic mass is 16.7. The molecule has 5 heteroatoms. The average Bonchev–Trinajstić information content (AvgIpc) is 3.29. The highest BCUT2D eigenvalue weighted by Crippen LogP contribution is 2.28. The second-order valence-electron chi connectivity index (χ2n) is 8.62. The molecule has 1 atom stereocenters. The van der Waals surface area contributed by atoms with Gasteiger partial charge in [0.15, 0.2) is 6.29 Å². The summed E-state index contributed by atoms with van der Waals surface area (Å²) in [5.74, 6) is 1.49. The third kappa shape index (κ3) is 4.76. The van der Waals surface area contributed by atoms with Gasteiger partial charge in [-0.1, -0.05) is 30.3 Å². The van der Waals surface area contributed by atoms with Crippen LogP contribution in [0.4, 0.5) is 0 Å². The Kier molecular flexibility index (Phi) is 6.65. The van der Waals surface area contributed by atoms with Gasteiger partial charge in [-0.25, -0.2) is 0 Å². The van der Waals surface area contributed by atoms with Crippen LogP contribution in [0.2, 0.25) is 0 Å². The fourth-order valence-corrected chi connectivity index (χ4v) is 4.95. The molecule has 0 aromatic heterocycles. The van der Waals surface area contributed by atoms with Crippen molar-refractivity contribution in [2.75, 3.05) is 39.4 Å². The van der Waals surface area contributed by atoms with Crippen LogP contribution in [-0.2, 0) is 20.7 Å². The molecule has 0 spiro atoms. The number of piperidine rings is 2. The zero-order valence-electron chi connectivity index (χ0n) is 17.1. The number of carbonyl (C=O) groups is 1. The van der Waals surface area contributed by atoms with Crippen LogP contribution in [0.3, 0.4) is 0 Å². The van der Waals surface area contributed by atoms with Crippen LogP contribution in [0.25, 0.3) is 0 Å². The van der Waals surface area contributed by atoms with Crippen molar-refractivity contribution in [3.05, 3.63) is 35.9 Å². The Bertz CT molecular complexity index is 616. The predicted molar refractivity (Wildman–Crippen MR) is 109 cm³/mol. The van der Waals surface area contributed by atoms with Crippen molar-refractivity contribution in [2.45, 2.75) is 51.4 Å². The summed E-state index contributed by atoms with van der Waals surface area (Å²) in [4.78, 5) is 17.5. The predicted octanol–water partition coefficient (Wildman–Crippen LogP) is 2.94. The first kappa shape index (κ1) is 19.9. The normalized spacial score (nSPS) is 24.5. The number of likely N-dealkylation sites (tertiary alicyclic amines) is 2. The molecule has 3 aliphatic heterocycles. The van der Waals surface area contributed by atoms with E-state index in [4.69, 9.17) is 9.47 Å². The summed E-state index contributed by atoms with van der Waals surface area (Å²) < 4.78 is 11.3. The van der Waals surface area contributed by atoms with E-state index < -0.39 is 0 Å². The van der Waals surface area contributed by atoms with E-state index in [2.05, 4.69) is 47.1 Å². The maximum Gasteiger partial charge on any atom is 0.239 e. The fourth-order valence-electron chi connectivity index (χ4n) is 4.95. The Morgan fingerprint density at radius 2 is 1.64 bits per heavy atom. The Morgan fingerprint density at radius 1 is 1.00 bits per heavy atom. The third-order valence-corrected chi connectivity index (χ3v) is 6.81. The number of nitrogens with zero attached hydrogens (tertiary/aromatic N) is 2. The van der Waals surface area contributed by atoms with Gasteiger partial charge in [-0.05, 0) is 63.6 Å². The molecule has 3 heterocycles. The van der Waals surface area contributed by atoms with Gasteiger partial charge in [-0.3, -0.25) is 9.69 Å². The SMILES string of the molecule is CC(C(=O)N1CCC(Cc2ccccc2)CC1)N1CCC(C2OCCO2)CC1. The summed E-state index contributed by atoms with van der Waals surface area (Å²) in [7, 11) is 0. The van der Waals surface area contributed by atoms with E-state index in [0.717, 1.165) is 71.5 Å². The second kappa shape index (κ2) is 9.38. The first-order chi connectivity index (χ1) is 13.7. The van der Waals surface area contributed by atoms with Gasteiger partial charge in [0.25, 0.3) is 0 Å². The molecule has 3 saturated heterocycles. The fraction of sp³-hybridized carbons (Fsp3) is 0.696. The lowest BCUT2D eigenvalue weighted by atomic mass is 9.90.